The van der Waals surface area contributed by atoms with Crippen LogP contribution in [-0.2, 0) is 16.0 Å². The fourth-order valence-electron chi connectivity index (χ4n) is 4.34. The van der Waals surface area contributed by atoms with Gasteiger partial charge in [0, 0.05) is 13.5 Å². The number of aliphatic hydroxyl groups is 1. The van der Waals surface area contributed by atoms with E-state index >= 15 is 0 Å². The Morgan fingerprint density at radius 1 is 1.21 bits per heavy atom. The van der Waals surface area contributed by atoms with E-state index in [4.69, 9.17) is 4.74 Å². The van der Waals surface area contributed by atoms with Crippen molar-refractivity contribution in [2.45, 2.75) is 59.0 Å². The number of benzene rings is 1. The fraction of sp³-hybridized carbons (Fsp3) is 0.652. The lowest BCUT2D eigenvalue weighted by atomic mass is 9.66. The minimum absolute atomic E-state index is 0.0110. The lowest BCUT2D eigenvalue weighted by Crippen LogP contribution is -2.56. The van der Waals surface area contributed by atoms with Gasteiger partial charge in [-0.05, 0) is 48.6 Å². The Bertz CT molecular complexity index is 691. The van der Waals surface area contributed by atoms with E-state index in [-0.39, 0.29) is 23.7 Å². The highest BCUT2D eigenvalue weighted by molar-refractivity contribution is 5.85. The molecule has 1 aliphatic carbocycles. The van der Waals surface area contributed by atoms with Gasteiger partial charge in [-0.3, -0.25) is 9.59 Å². The van der Waals surface area contributed by atoms with E-state index in [0.717, 1.165) is 24.2 Å². The summed E-state index contributed by atoms with van der Waals surface area (Å²) in [6.07, 6.45) is 3.07. The van der Waals surface area contributed by atoms with Crippen molar-refractivity contribution in [3.05, 3.63) is 29.8 Å². The van der Waals surface area contributed by atoms with Gasteiger partial charge in [0.05, 0.1) is 6.54 Å². The molecule has 0 aliphatic heterocycles. The summed E-state index contributed by atoms with van der Waals surface area (Å²) in [7, 11) is 0. The summed E-state index contributed by atoms with van der Waals surface area (Å²) in [5.41, 5.74) is -0.305. The first kappa shape index (κ1) is 23.2. The Morgan fingerprint density at radius 2 is 1.93 bits per heavy atom. The molecule has 0 spiro atoms. The van der Waals surface area contributed by atoms with Crippen molar-refractivity contribution >= 4 is 11.8 Å². The molecule has 0 unspecified atom stereocenters. The number of hydrogen-bond acceptors (Lipinski definition) is 4. The smallest absolute Gasteiger partial charge is 0.252 e. The summed E-state index contributed by atoms with van der Waals surface area (Å²) >= 11 is 0. The molecule has 1 aromatic rings. The van der Waals surface area contributed by atoms with Gasteiger partial charge in [-0.1, -0.05) is 45.4 Å². The van der Waals surface area contributed by atoms with Crippen LogP contribution >= 0.6 is 0 Å². The molecule has 0 aromatic heterocycles. The summed E-state index contributed by atoms with van der Waals surface area (Å²) in [5.74, 6) is 1.00. The van der Waals surface area contributed by atoms with Crippen LogP contribution in [0.2, 0.25) is 0 Å². The zero-order valence-corrected chi connectivity index (χ0v) is 18.2. The molecule has 3 atom stereocenters. The third-order valence-electron chi connectivity index (χ3n) is 5.83. The first-order valence-corrected chi connectivity index (χ1v) is 10.7. The quantitative estimate of drug-likeness (QED) is 0.552. The van der Waals surface area contributed by atoms with Gasteiger partial charge in [-0.15, -0.1) is 0 Å². The van der Waals surface area contributed by atoms with Crippen LogP contribution in [0.3, 0.4) is 0 Å². The SMILES string of the molecule is CC(=O)NCCOc1ccccc1CCNC(=O)[C@]1(O)C[C@H](C)CC[C@H]1C(C)C. The number of amides is 2. The predicted octanol–water partition coefficient (Wildman–Crippen LogP) is 2.68. The summed E-state index contributed by atoms with van der Waals surface area (Å²) in [4.78, 5) is 23.8. The van der Waals surface area contributed by atoms with Gasteiger partial charge in [0.15, 0.2) is 0 Å². The van der Waals surface area contributed by atoms with E-state index in [1.54, 1.807) is 0 Å². The minimum Gasteiger partial charge on any atom is -0.491 e. The normalized spacial score (nSPS) is 24.2. The van der Waals surface area contributed by atoms with Gasteiger partial charge in [-0.2, -0.15) is 0 Å². The molecule has 1 aliphatic rings. The maximum atomic E-state index is 12.9. The van der Waals surface area contributed by atoms with Crippen LogP contribution in [0.4, 0.5) is 0 Å². The standard InChI is InChI=1S/C23H36N2O4/c1-16(2)20-10-9-17(3)15-23(20,28)22(27)25-12-11-19-7-5-6-8-21(19)29-14-13-24-18(4)26/h5-8,16-17,20,28H,9-15H2,1-4H3,(H,24,26)(H,25,27)/t17-,20+,23+/m1/s1. The van der Waals surface area contributed by atoms with Crippen molar-refractivity contribution < 1.29 is 19.4 Å². The van der Waals surface area contributed by atoms with Crippen LogP contribution < -0.4 is 15.4 Å². The molecule has 2 amide bonds. The second kappa shape index (κ2) is 10.6. The highest BCUT2D eigenvalue weighted by Gasteiger charge is 2.48. The lowest BCUT2D eigenvalue weighted by Gasteiger charge is -2.43. The van der Waals surface area contributed by atoms with Gasteiger partial charge in [0.1, 0.15) is 18.0 Å². The molecular weight excluding hydrogens is 368 g/mol. The molecule has 2 rings (SSSR count). The Morgan fingerprint density at radius 3 is 2.62 bits per heavy atom. The maximum absolute atomic E-state index is 12.9. The molecule has 1 aromatic carbocycles. The van der Waals surface area contributed by atoms with E-state index in [0.29, 0.717) is 38.5 Å². The second-order valence-corrected chi connectivity index (χ2v) is 8.61. The average molecular weight is 405 g/mol. The molecule has 0 radical (unpaired) electrons. The third kappa shape index (κ3) is 6.46. The van der Waals surface area contributed by atoms with Gasteiger partial charge in [0.25, 0.3) is 5.91 Å². The molecule has 0 bridgehead atoms. The van der Waals surface area contributed by atoms with Crippen molar-refractivity contribution in [3.8, 4) is 5.75 Å². The monoisotopic (exact) mass is 404 g/mol. The molecule has 3 N–H and O–H groups in total. The molecule has 29 heavy (non-hydrogen) atoms. The van der Waals surface area contributed by atoms with Crippen LogP contribution in [-0.4, -0.2) is 42.2 Å². The van der Waals surface area contributed by atoms with Crippen LogP contribution in [0.5, 0.6) is 5.75 Å². The highest BCUT2D eigenvalue weighted by Crippen LogP contribution is 2.41. The van der Waals surface area contributed by atoms with Gasteiger partial charge in [0.2, 0.25) is 5.91 Å². The fourth-order valence-corrected chi connectivity index (χ4v) is 4.34. The molecule has 162 valence electrons. The van der Waals surface area contributed by atoms with Crippen molar-refractivity contribution in [1.82, 2.24) is 10.6 Å². The number of carbonyl (C=O) groups excluding carboxylic acids is 2. The van der Waals surface area contributed by atoms with Crippen LogP contribution in [0.1, 0.15) is 52.5 Å². The van der Waals surface area contributed by atoms with E-state index < -0.39 is 5.60 Å². The molecule has 1 saturated carbocycles. The maximum Gasteiger partial charge on any atom is 0.252 e. The summed E-state index contributed by atoms with van der Waals surface area (Å²) in [6, 6.07) is 7.68. The van der Waals surface area contributed by atoms with Crippen molar-refractivity contribution in [1.29, 1.82) is 0 Å². The van der Waals surface area contributed by atoms with Gasteiger partial charge in [-0.25, -0.2) is 0 Å². The first-order valence-electron chi connectivity index (χ1n) is 10.7. The summed E-state index contributed by atoms with van der Waals surface area (Å²) in [6.45, 7) is 9.00. The van der Waals surface area contributed by atoms with E-state index in [1.807, 2.05) is 24.3 Å². The molecule has 6 heteroatoms. The Labute approximate surface area is 174 Å². The second-order valence-electron chi connectivity index (χ2n) is 8.61. The van der Waals surface area contributed by atoms with Crippen molar-refractivity contribution in [2.24, 2.45) is 17.8 Å². The topological polar surface area (TPSA) is 87.7 Å². The van der Waals surface area contributed by atoms with Crippen LogP contribution in [0, 0.1) is 17.8 Å². The Balaban J connectivity index is 1.92. The average Bonchev–Trinajstić information content (AvgIpc) is 2.65. The van der Waals surface area contributed by atoms with Crippen molar-refractivity contribution in [3.63, 3.8) is 0 Å². The molecule has 6 nitrogen and oxygen atoms in total. The zero-order chi connectivity index (χ0) is 21.4. The summed E-state index contributed by atoms with van der Waals surface area (Å²) in [5, 5.41) is 16.9. The molecule has 1 fully saturated rings. The lowest BCUT2D eigenvalue weighted by molar-refractivity contribution is -0.155. The van der Waals surface area contributed by atoms with E-state index in [9.17, 15) is 14.7 Å². The zero-order valence-electron chi connectivity index (χ0n) is 18.2. The van der Waals surface area contributed by atoms with Crippen molar-refractivity contribution in [2.75, 3.05) is 19.7 Å². The number of para-hydroxylation sites is 1. The highest BCUT2D eigenvalue weighted by atomic mass is 16.5. The molecule has 0 heterocycles. The molecule has 0 saturated heterocycles. The number of hydrogen-bond donors (Lipinski definition) is 3. The van der Waals surface area contributed by atoms with Crippen LogP contribution in [0.15, 0.2) is 24.3 Å². The van der Waals surface area contributed by atoms with Crippen LogP contribution in [0.25, 0.3) is 0 Å². The number of rotatable bonds is 9. The number of nitrogens with one attached hydrogen (secondary N) is 2. The number of carbonyl (C=O) groups is 2. The molecular formula is C23H36N2O4. The third-order valence-corrected chi connectivity index (χ3v) is 5.83. The summed E-state index contributed by atoms with van der Waals surface area (Å²) < 4.78 is 5.77. The first-order chi connectivity index (χ1) is 13.7. The van der Waals surface area contributed by atoms with E-state index in [1.165, 1.54) is 6.92 Å². The Kier molecular flexibility index (Phi) is 8.50. The largest absolute Gasteiger partial charge is 0.491 e. The number of ether oxygens (including phenoxy) is 1. The van der Waals surface area contributed by atoms with E-state index in [2.05, 4.69) is 31.4 Å². The predicted molar refractivity (Wildman–Crippen MR) is 114 cm³/mol. The Hall–Kier alpha value is -2.08. The minimum atomic E-state index is -1.29. The van der Waals surface area contributed by atoms with Gasteiger partial charge >= 0.3 is 0 Å². The van der Waals surface area contributed by atoms with Gasteiger partial charge < -0.3 is 20.5 Å².